The first-order valence-electron chi connectivity index (χ1n) is 21.9. The number of piperazine rings is 1. The number of pyridine rings is 1. The molecule has 1 unspecified atom stereocenters. The smallest absolute Gasteiger partial charge is 0.255 e. The summed E-state index contributed by atoms with van der Waals surface area (Å²) in [5.74, 6) is 6.45. The van der Waals surface area contributed by atoms with Crippen LogP contribution in [0.5, 0.6) is 5.75 Å². The number of imide groups is 1. The fraction of sp³-hybridized carbons (Fsp3) is 0.447. The number of hydrogen-bond acceptors (Lipinski definition) is 11. The molecule has 1 saturated carbocycles. The van der Waals surface area contributed by atoms with Gasteiger partial charge in [-0.25, -0.2) is 4.98 Å². The highest BCUT2D eigenvalue weighted by molar-refractivity contribution is 6.05. The Labute approximate surface area is 365 Å². The molecule has 4 aromatic rings. The summed E-state index contributed by atoms with van der Waals surface area (Å²) in [6, 6.07) is 12.4. The first-order valence-corrected chi connectivity index (χ1v) is 21.9. The van der Waals surface area contributed by atoms with Crippen LogP contribution >= 0.6 is 0 Å². The summed E-state index contributed by atoms with van der Waals surface area (Å²) in [5.41, 5.74) is 5.05. The number of hydrogen-bond donors (Lipinski definition) is 3. The highest BCUT2D eigenvalue weighted by Gasteiger charge is 2.39. The van der Waals surface area contributed by atoms with Crippen LogP contribution in [0.25, 0.3) is 11.0 Å². The van der Waals surface area contributed by atoms with E-state index in [0.717, 1.165) is 53.4 Å². The maximum atomic E-state index is 13.4. The van der Waals surface area contributed by atoms with E-state index in [2.05, 4.69) is 37.7 Å². The van der Waals surface area contributed by atoms with Crippen LogP contribution in [0.2, 0.25) is 0 Å². The zero-order chi connectivity index (χ0) is 44.2. The lowest BCUT2D eigenvalue weighted by Gasteiger charge is -2.36. The van der Waals surface area contributed by atoms with Gasteiger partial charge in [0.05, 0.1) is 12.8 Å². The summed E-state index contributed by atoms with van der Waals surface area (Å²) in [4.78, 5) is 90.6. The maximum Gasteiger partial charge on any atom is 0.255 e. The maximum absolute atomic E-state index is 13.4. The molecule has 63 heavy (non-hydrogen) atoms. The summed E-state index contributed by atoms with van der Waals surface area (Å²) < 4.78 is 7.59. The number of aromatic nitrogens is 3. The third kappa shape index (κ3) is 9.37. The first-order chi connectivity index (χ1) is 30.5. The van der Waals surface area contributed by atoms with Gasteiger partial charge in [-0.2, -0.15) is 4.98 Å². The third-order valence-electron chi connectivity index (χ3n) is 12.6. The Kier molecular flexibility index (Phi) is 12.7. The van der Waals surface area contributed by atoms with Crippen molar-refractivity contribution in [2.75, 3.05) is 43.5 Å². The number of piperidine rings is 1. The third-order valence-corrected chi connectivity index (χ3v) is 12.6. The zero-order valence-electron chi connectivity index (χ0n) is 36.0. The Balaban J connectivity index is 0.828. The lowest BCUT2D eigenvalue weighted by atomic mass is 9.90. The molecule has 3 N–H and O–H groups in total. The predicted molar refractivity (Wildman–Crippen MR) is 237 cm³/mol. The molecule has 2 saturated heterocycles. The number of unbranched alkanes of at least 4 members (excludes halogenated alkanes) is 1. The molecule has 1 atom stereocenters. The fourth-order valence-electron chi connectivity index (χ4n) is 9.11. The van der Waals surface area contributed by atoms with Gasteiger partial charge < -0.3 is 30.1 Å². The standard InChI is InChI=1S/C47H53N9O7/c1-4-40(57)49-32-11-13-33(14-12-32)56-43(60)24-29(2)36-27-48-47(52-44(36)56)50-37-17-15-34(26-39(37)63-3)53-20-22-54(23-21-53)42(59)9-7-5-6-8-30-10-16-35-31(25-30)28-55(46(35)62)38-18-19-41(58)51-45(38)61/h10,15-17,24-27,32-33,38H,4-5,7,9,11-14,18-23,28H2,1-3H3,(H,49,57)(H,48,50,52)(H,51,58,61). The number of aryl methyl sites for hydroxylation is 1. The van der Waals surface area contributed by atoms with Crippen LogP contribution in [0.15, 0.2) is 53.5 Å². The summed E-state index contributed by atoms with van der Waals surface area (Å²) in [5, 5.41) is 9.54. The van der Waals surface area contributed by atoms with Crippen LogP contribution in [-0.4, -0.2) is 99.2 Å². The second-order valence-corrected chi connectivity index (χ2v) is 16.7. The minimum Gasteiger partial charge on any atom is -0.494 e. The first kappa shape index (κ1) is 42.9. The average molecular weight is 856 g/mol. The van der Waals surface area contributed by atoms with Crippen molar-refractivity contribution in [3.8, 4) is 17.6 Å². The summed E-state index contributed by atoms with van der Waals surface area (Å²) in [6.45, 7) is 6.56. The molecule has 8 rings (SSSR count). The van der Waals surface area contributed by atoms with E-state index in [9.17, 15) is 28.8 Å². The summed E-state index contributed by atoms with van der Waals surface area (Å²) >= 11 is 0. The van der Waals surface area contributed by atoms with Crippen LogP contribution in [0.1, 0.15) is 104 Å². The number of methoxy groups -OCH3 is 1. The highest BCUT2D eigenvalue weighted by Crippen LogP contribution is 2.34. The molecule has 16 heteroatoms. The molecule has 0 radical (unpaired) electrons. The number of fused-ring (bicyclic) bond motifs is 2. The van der Waals surface area contributed by atoms with Crippen molar-refractivity contribution in [2.45, 2.75) is 103 Å². The lowest BCUT2D eigenvalue weighted by Crippen LogP contribution is -2.52. The molecular weight excluding hydrogens is 803 g/mol. The molecule has 328 valence electrons. The summed E-state index contributed by atoms with van der Waals surface area (Å²) in [7, 11) is 1.61. The van der Waals surface area contributed by atoms with Crippen molar-refractivity contribution in [3.05, 3.63) is 81.3 Å². The predicted octanol–water partition coefficient (Wildman–Crippen LogP) is 4.49. The van der Waals surface area contributed by atoms with Crippen LogP contribution < -0.4 is 31.1 Å². The average Bonchev–Trinajstić information content (AvgIpc) is 3.61. The van der Waals surface area contributed by atoms with E-state index < -0.39 is 11.9 Å². The van der Waals surface area contributed by atoms with E-state index in [0.29, 0.717) is 93.4 Å². The number of carbonyl (C=O) groups excluding carboxylic acids is 5. The molecule has 16 nitrogen and oxygen atoms in total. The van der Waals surface area contributed by atoms with Gasteiger partial charge in [0.25, 0.3) is 11.5 Å². The van der Waals surface area contributed by atoms with Gasteiger partial charge in [0, 0.05) is 111 Å². The van der Waals surface area contributed by atoms with Crippen LogP contribution in [-0.2, 0) is 25.7 Å². The largest absolute Gasteiger partial charge is 0.494 e. The Morgan fingerprint density at radius 2 is 1.76 bits per heavy atom. The van der Waals surface area contributed by atoms with Crippen molar-refractivity contribution in [3.63, 3.8) is 0 Å². The van der Waals surface area contributed by atoms with Gasteiger partial charge in [-0.1, -0.05) is 18.8 Å². The van der Waals surface area contributed by atoms with Crippen molar-refractivity contribution in [2.24, 2.45) is 0 Å². The van der Waals surface area contributed by atoms with Crippen LogP contribution in [0, 0.1) is 18.8 Å². The van der Waals surface area contributed by atoms with Crippen LogP contribution in [0.4, 0.5) is 17.3 Å². The summed E-state index contributed by atoms with van der Waals surface area (Å²) in [6.07, 6.45) is 7.41. The second kappa shape index (κ2) is 18.7. The number of nitrogens with one attached hydrogen (secondary N) is 3. The SMILES string of the molecule is CCC(=O)NC1CCC(n2c(=O)cc(C)c3cnc(Nc4ccc(N5CCN(C(=O)CCCC#Cc6ccc7c(c6)CN(C6CCC(=O)NC6=O)C7=O)CC5)cc4OC)nc32)CC1. The zero-order valence-corrected chi connectivity index (χ0v) is 36.0. The number of benzene rings is 2. The molecule has 4 aliphatic rings. The number of anilines is 3. The van der Waals surface area contributed by atoms with Gasteiger partial charge >= 0.3 is 0 Å². The molecule has 5 amide bonds. The van der Waals surface area contributed by atoms with Gasteiger partial charge in [-0.05, 0) is 86.9 Å². The molecule has 5 heterocycles. The van der Waals surface area contributed by atoms with E-state index in [1.54, 1.807) is 36.1 Å². The van der Waals surface area contributed by atoms with Crippen LogP contribution in [0.3, 0.4) is 0 Å². The van der Waals surface area contributed by atoms with E-state index in [-0.39, 0.29) is 47.7 Å². The molecule has 3 aliphatic heterocycles. The molecule has 1 aliphatic carbocycles. The van der Waals surface area contributed by atoms with E-state index >= 15 is 0 Å². The quantitative estimate of drug-likeness (QED) is 0.110. The molecule has 2 aromatic carbocycles. The van der Waals surface area contributed by atoms with Gasteiger partial charge in [0.15, 0.2) is 0 Å². The monoisotopic (exact) mass is 855 g/mol. The van der Waals surface area contributed by atoms with Gasteiger partial charge in [-0.15, -0.1) is 0 Å². The number of rotatable bonds is 11. The van der Waals surface area contributed by atoms with Crippen molar-refractivity contribution < 1.29 is 28.7 Å². The Bertz CT molecular complexity index is 2580. The number of carbonyl (C=O) groups is 5. The Hall–Kier alpha value is -6.76. The molecule has 2 aromatic heterocycles. The number of nitrogens with zero attached hydrogens (tertiary/aromatic N) is 6. The Morgan fingerprint density at radius 1 is 0.968 bits per heavy atom. The number of ether oxygens (including phenoxy) is 1. The Morgan fingerprint density at radius 3 is 2.51 bits per heavy atom. The van der Waals surface area contributed by atoms with Crippen molar-refractivity contribution in [1.82, 2.24) is 35.0 Å². The normalized spacial score (nSPS) is 19.9. The van der Waals surface area contributed by atoms with E-state index in [1.807, 2.05) is 43.0 Å². The van der Waals surface area contributed by atoms with Gasteiger partial charge in [-0.3, -0.25) is 38.7 Å². The number of amides is 5. The van der Waals surface area contributed by atoms with Crippen molar-refractivity contribution >= 4 is 57.9 Å². The topological polar surface area (TPSA) is 188 Å². The fourth-order valence-corrected chi connectivity index (χ4v) is 9.11. The lowest BCUT2D eigenvalue weighted by molar-refractivity contribution is -0.137. The van der Waals surface area contributed by atoms with Crippen molar-refractivity contribution in [1.29, 1.82) is 0 Å². The molecular formula is C47H53N9O7. The minimum atomic E-state index is -0.657. The molecule has 3 fully saturated rings. The highest BCUT2D eigenvalue weighted by atomic mass is 16.5. The molecule has 0 spiro atoms. The minimum absolute atomic E-state index is 0.0375. The van der Waals surface area contributed by atoms with Gasteiger partial charge in [0.1, 0.15) is 17.4 Å². The van der Waals surface area contributed by atoms with Gasteiger partial charge in [0.2, 0.25) is 29.6 Å². The molecule has 0 bridgehead atoms. The van der Waals surface area contributed by atoms with E-state index in [4.69, 9.17) is 9.72 Å². The van der Waals surface area contributed by atoms with E-state index in [1.165, 1.54) is 4.90 Å². The second-order valence-electron chi connectivity index (χ2n) is 16.7.